The van der Waals surface area contributed by atoms with Gasteiger partial charge in [-0.3, -0.25) is 0 Å². The monoisotopic (exact) mass is 390 g/mol. The average molecular weight is 391 g/mol. The van der Waals surface area contributed by atoms with Gasteiger partial charge >= 0.3 is 35.6 Å². The average Bonchev–Trinajstić information content (AvgIpc) is 2.75. The van der Waals surface area contributed by atoms with Gasteiger partial charge in [0.15, 0.2) is 0 Å². The van der Waals surface area contributed by atoms with Gasteiger partial charge in [-0.25, -0.2) is 0 Å². The Kier molecular flexibility index (Phi) is 17.0. The third-order valence-corrected chi connectivity index (χ3v) is 3.00. The van der Waals surface area contributed by atoms with Crippen molar-refractivity contribution < 1.29 is 22.1 Å². The molecule has 1 atom stereocenters. The van der Waals surface area contributed by atoms with Crippen molar-refractivity contribution in [2.45, 2.75) is 47.5 Å². The Morgan fingerprint density at radius 1 is 1.09 bits per heavy atom. The molecule has 0 bridgehead atoms. The van der Waals surface area contributed by atoms with Gasteiger partial charge in [0, 0.05) is 13.0 Å². The van der Waals surface area contributed by atoms with Crippen LogP contribution in [0.4, 0.5) is 0 Å². The van der Waals surface area contributed by atoms with Crippen LogP contribution in [0.1, 0.15) is 53.0 Å². The van der Waals surface area contributed by atoms with Crippen LogP contribution in [0, 0.1) is 12.0 Å². The van der Waals surface area contributed by atoms with Crippen LogP contribution in [-0.2, 0) is 17.0 Å². The molecular weight excluding hydrogens is 363 g/mol. The summed E-state index contributed by atoms with van der Waals surface area (Å²) in [6.45, 7) is 12.8. The van der Waals surface area contributed by atoms with E-state index in [0.717, 1.165) is 7.11 Å². The molecule has 23 heavy (non-hydrogen) atoms. The van der Waals surface area contributed by atoms with Crippen LogP contribution in [0.3, 0.4) is 0 Å². The minimum atomic E-state index is -0.556. The van der Waals surface area contributed by atoms with E-state index in [4.69, 9.17) is 23.7 Å². The fourth-order valence-electron chi connectivity index (χ4n) is 2.17. The van der Waals surface area contributed by atoms with Gasteiger partial charge in [-0.05, 0) is 20.8 Å². The summed E-state index contributed by atoms with van der Waals surface area (Å²) in [5.74, 6) is 1.89. The van der Waals surface area contributed by atoms with E-state index in [9.17, 15) is 0 Å². The summed E-state index contributed by atoms with van der Waals surface area (Å²) in [5, 5.41) is 7.00. The number of allylic oxidation sites excluding steroid dienone is 4. The van der Waals surface area contributed by atoms with Crippen molar-refractivity contribution in [1.82, 2.24) is 0 Å². The molecule has 1 aromatic rings. The van der Waals surface area contributed by atoms with E-state index in [1.54, 1.807) is 0 Å². The van der Waals surface area contributed by atoms with Crippen molar-refractivity contribution in [2.24, 2.45) is 0 Å². The second kappa shape index (κ2) is 15.5. The Labute approximate surface area is 159 Å². The second-order valence-corrected chi connectivity index (χ2v) is 8.16. The molecular formula is C19H28Cl2OTi-2. The molecule has 4 heteroatoms. The van der Waals surface area contributed by atoms with Gasteiger partial charge in [0.2, 0.25) is 0 Å². The Hall–Kier alpha value is -0.0457. The first kappa shape index (κ1) is 25.2. The van der Waals surface area contributed by atoms with Crippen LogP contribution in [0.15, 0.2) is 47.1 Å². The minimum absolute atomic E-state index is 0.469. The zero-order valence-electron chi connectivity index (χ0n) is 15.2. The summed E-state index contributed by atoms with van der Waals surface area (Å²) in [4.78, 5) is 0. The van der Waals surface area contributed by atoms with Crippen LogP contribution < -0.4 is 0 Å². The molecule has 1 N–H and O–H groups in total. The summed E-state index contributed by atoms with van der Waals surface area (Å²) < 4.78 is 0. The number of hydrogen-bond acceptors (Lipinski definition) is 1. The molecule has 0 aromatic heterocycles. The third kappa shape index (κ3) is 11.2. The van der Waals surface area contributed by atoms with E-state index in [-0.39, 0.29) is 0 Å². The van der Waals surface area contributed by atoms with Gasteiger partial charge in [-0.1, -0.05) is 22.8 Å². The quantitative estimate of drug-likeness (QED) is 0.430. The SMILES string of the molecule is CC1=CC(C)=C(C)C1c1[c-]cccc1.CO.C[C-](C)C.[Cl][Ti][Cl]. The fraction of sp³-hybridized carbons (Fsp3) is 0.421. The zero-order chi connectivity index (χ0) is 18.4. The molecule has 0 radical (unpaired) electrons. The maximum atomic E-state index is 7.00. The molecule has 2 rings (SSSR count). The predicted molar refractivity (Wildman–Crippen MR) is 100 cm³/mol. The first-order valence-corrected chi connectivity index (χ1v) is 11.6. The summed E-state index contributed by atoms with van der Waals surface area (Å²) in [6, 6.07) is 11.6. The van der Waals surface area contributed by atoms with Crippen LogP contribution in [0.5, 0.6) is 0 Å². The summed E-state index contributed by atoms with van der Waals surface area (Å²) >= 11 is -0.556. The van der Waals surface area contributed by atoms with Gasteiger partial charge in [0.1, 0.15) is 0 Å². The number of halogens is 2. The zero-order valence-corrected chi connectivity index (χ0v) is 18.2. The summed E-state index contributed by atoms with van der Waals surface area (Å²) in [5.41, 5.74) is 5.59. The van der Waals surface area contributed by atoms with Crippen LogP contribution in [0.2, 0.25) is 0 Å². The maximum absolute atomic E-state index is 7.00. The Morgan fingerprint density at radius 3 is 1.87 bits per heavy atom. The molecule has 0 aliphatic heterocycles. The van der Waals surface area contributed by atoms with Crippen LogP contribution in [-0.4, -0.2) is 12.2 Å². The van der Waals surface area contributed by atoms with Crippen LogP contribution in [0.25, 0.3) is 0 Å². The molecule has 0 spiro atoms. The van der Waals surface area contributed by atoms with Gasteiger partial charge in [0.05, 0.1) is 0 Å². The second-order valence-electron chi connectivity index (χ2n) is 5.58. The first-order chi connectivity index (χ1) is 10.8. The van der Waals surface area contributed by atoms with E-state index in [2.05, 4.69) is 65.8 Å². The number of aliphatic hydroxyl groups excluding tert-OH is 1. The van der Waals surface area contributed by atoms with E-state index in [1.807, 2.05) is 12.1 Å². The molecule has 1 nitrogen and oxygen atoms in total. The molecule has 0 amide bonds. The van der Waals surface area contributed by atoms with Crippen molar-refractivity contribution >= 4 is 18.6 Å². The normalized spacial score (nSPS) is 15.4. The Bertz CT molecular complexity index is 465. The number of aliphatic hydroxyl groups is 1. The standard InChI is InChI=1S/C14H15.C4H9.CH4O.2ClH.Ti/c1-10-9-11(2)14(12(10)3)13-7-5-4-6-8-13;1-4(2)3;1-2;;;/h4-7,9,14H,1-3H3;1-3H3;2H,1H3;2*1H;/q2*-1;;;;+2/p-2. The van der Waals surface area contributed by atoms with E-state index in [0.29, 0.717) is 5.92 Å². The molecule has 0 fully saturated rings. The number of hydrogen-bond donors (Lipinski definition) is 1. The molecule has 1 unspecified atom stereocenters. The van der Waals surface area contributed by atoms with Gasteiger partial charge in [-0.2, -0.15) is 56.7 Å². The fourth-order valence-corrected chi connectivity index (χ4v) is 2.17. The van der Waals surface area contributed by atoms with E-state index >= 15 is 0 Å². The molecule has 1 aromatic carbocycles. The summed E-state index contributed by atoms with van der Waals surface area (Å²) in [7, 11) is 10.8. The topological polar surface area (TPSA) is 20.2 Å². The number of benzene rings is 1. The van der Waals surface area contributed by atoms with Crippen molar-refractivity contribution in [1.29, 1.82) is 0 Å². The summed E-state index contributed by atoms with van der Waals surface area (Å²) in [6.07, 6.45) is 2.28. The van der Waals surface area contributed by atoms with Crippen molar-refractivity contribution in [3.63, 3.8) is 0 Å². The van der Waals surface area contributed by atoms with Crippen molar-refractivity contribution in [2.75, 3.05) is 7.11 Å². The Balaban J connectivity index is 0. The van der Waals surface area contributed by atoms with Gasteiger partial charge in [-0.15, -0.1) is 0 Å². The molecule has 0 saturated heterocycles. The molecule has 1 aliphatic carbocycles. The Morgan fingerprint density at radius 2 is 1.57 bits per heavy atom. The first-order valence-electron chi connectivity index (χ1n) is 7.35. The van der Waals surface area contributed by atoms with Crippen LogP contribution >= 0.6 is 18.6 Å². The van der Waals surface area contributed by atoms with Crippen molar-refractivity contribution in [3.8, 4) is 0 Å². The van der Waals surface area contributed by atoms with Crippen molar-refractivity contribution in [3.05, 3.63) is 64.6 Å². The third-order valence-electron chi connectivity index (χ3n) is 3.00. The van der Waals surface area contributed by atoms with Gasteiger partial charge in [0.25, 0.3) is 0 Å². The van der Waals surface area contributed by atoms with Gasteiger partial charge < -0.3 is 11.0 Å². The predicted octanol–water partition coefficient (Wildman–Crippen LogP) is 6.47. The molecule has 1 aliphatic rings. The molecule has 0 heterocycles. The number of rotatable bonds is 1. The molecule has 0 saturated carbocycles. The molecule has 130 valence electrons. The van der Waals surface area contributed by atoms with E-state index in [1.165, 1.54) is 28.2 Å². The van der Waals surface area contributed by atoms with E-state index < -0.39 is 17.0 Å².